The minimum absolute atomic E-state index is 0.00988. The SMILES string of the molecule is CCn1c(=NC(=O)C2CCCCC2)sc2cc(Cl)cc(Cl)c21. The number of aromatic nitrogens is 1. The highest BCUT2D eigenvalue weighted by Gasteiger charge is 2.21. The Labute approximate surface area is 143 Å². The molecule has 1 fully saturated rings. The van der Waals surface area contributed by atoms with Crippen LogP contribution in [0.1, 0.15) is 39.0 Å². The number of halogens is 2. The van der Waals surface area contributed by atoms with Crippen LogP contribution < -0.4 is 4.80 Å². The monoisotopic (exact) mass is 356 g/mol. The second-order valence-electron chi connectivity index (χ2n) is 5.65. The van der Waals surface area contributed by atoms with Crippen molar-refractivity contribution < 1.29 is 4.79 Å². The van der Waals surface area contributed by atoms with E-state index in [1.165, 1.54) is 17.8 Å². The van der Waals surface area contributed by atoms with Gasteiger partial charge in [0.1, 0.15) is 0 Å². The fourth-order valence-electron chi connectivity index (χ4n) is 3.04. The number of amides is 1. The first-order chi connectivity index (χ1) is 10.6. The molecule has 0 saturated heterocycles. The lowest BCUT2D eigenvalue weighted by molar-refractivity contribution is -0.122. The summed E-state index contributed by atoms with van der Waals surface area (Å²) in [6, 6.07) is 3.61. The average molecular weight is 357 g/mol. The number of carbonyl (C=O) groups is 1. The standard InChI is InChI=1S/C16H18Cl2N2OS/c1-2-20-14-12(18)8-11(17)9-13(14)22-16(20)19-15(21)10-6-4-3-5-7-10/h8-10H,2-7H2,1H3. The molecule has 0 spiro atoms. The van der Waals surface area contributed by atoms with Gasteiger partial charge in [0, 0.05) is 17.5 Å². The zero-order chi connectivity index (χ0) is 15.7. The third-order valence-electron chi connectivity index (χ3n) is 4.17. The lowest BCUT2D eigenvalue weighted by atomic mass is 9.89. The van der Waals surface area contributed by atoms with Crippen molar-refractivity contribution >= 4 is 50.7 Å². The predicted octanol–water partition coefficient (Wildman–Crippen LogP) is 5.04. The highest BCUT2D eigenvalue weighted by atomic mass is 35.5. The van der Waals surface area contributed by atoms with Crippen LogP contribution in [-0.4, -0.2) is 10.5 Å². The van der Waals surface area contributed by atoms with Gasteiger partial charge in [0.05, 0.1) is 15.2 Å². The first-order valence-electron chi connectivity index (χ1n) is 7.67. The largest absolute Gasteiger partial charge is 0.315 e. The second kappa shape index (κ2) is 6.73. The fraction of sp³-hybridized carbons (Fsp3) is 0.500. The van der Waals surface area contributed by atoms with Crippen molar-refractivity contribution in [2.24, 2.45) is 10.9 Å². The van der Waals surface area contributed by atoms with Crippen LogP contribution in [0.2, 0.25) is 10.0 Å². The highest BCUT2D eigenvalue weighted by Crippen LogP contribution is 2.30. The number of rotatable bonds is 2. The van der Waals surface area contributed by atoms with Gasteiger partial charge >= 0.3 is 0 Å². The lowest BCUT2D eigenvalue weighted by Gasteiger charge is -2.17. The van der Waals surface area contributed by atoms with Crippen LogP contribution >= 0.6 is 34.5 Å². The molecule has 6 heteroatoms. The van der Waals surface area contributed by atoms with E-state index in [9.17, 15) is 4.79 Å². The van der Waals surface area contributed by atoms with Gasteiger partial charge in [-0.2, -0.15) is 4.99 Å². The molecule has 22 heavy (non-hydrogen) atoms. The van der Waals surface area contributed by atoms with Crippen molar-refractivity contribution in [2.45, 2.75) is 45.6 Å². The van der Waals surface area contributed by atoms with Crippen molar-refractivity contribution in [3.05, 3.63) is 27.0 Å². The Balaban J connectivity index is 2.08. The number of aryl methyl sites for hydroxylation is 1. The van der Waals surface area contributed by atoms with Crippen LogP contribution in [0.15, 0.2) is 17.1 Å². The van der Waals surface area contributed by atoms with E-state index in [0.29, 0.717) is 10.0 Å². The molecule has 0 bridgehead atoms. The van der Waals surface area contributed by atoms with Crippen LogP contribution in [0.5, 0.6) is 0 Å². The van der Waals surface area contributed by atoms with Gasteiger partial charge in [0.2, 0.25) is 0 Å². The number of hydrogen-bond donors (Lipinski definition) is 0. The normalized spacial score (nSPS) is 17.3. The maximum absolute atomic E-state index is 12.4. The van der Waals surface area contributed by atoms with Crippen molar-refractivity contribution in [1.29, 1.82) is 0 Å². The maximum Gasteiger partial charge on any atom is 0.251 e. The molecule has 3 rings (SSSR count). The summed E-state index contributed by atoms with van der Waals surface area (Å²) in [5.41, 5.74) is 0.911. The van der Waals surface area contributed by atoms with Gasteiger partial charge in [-0.3, -0.25) is 4.79 Å². The lowest BCUT2D eigenvalue weighted by Crippen LogP contribution is -2.21. The third-order valence-corrected chi connectivity index (χ3v) is 5.70. The number of benzene rings is 1. The maximum atomic E-state index is 12.4. The summed E-state index contributed by atoms with van der Waals surface area (Å²) in [5.74, 6) is 0.0963. The zero-order valence-corrected chi connectivity index (χ0v) is 14.8. The van der Waals surface area contributed by atoms with E-state index in [0.717, 1.165) is 47.2 Å². The van der Waals surface area contributed by atoms with Crippen LogP contribution in [0.4, 0.5) is 0 Å². The first kappa shape index (κ1) is 16.0. The molecule has 2 aromatic rings. The number of nitrogens with zero attached hydrogens (tertiary/aromatic N) is 2. The van der Waals surface area contributed by atoms with Crippen LogP contribution in [0.25, 0.3) is 10.2 Å². The molecule has 1 aliphatic carbocycles. The Kier molecular flexibility index (Phi) is 4.91. The number of hydrogen-bond acceptors (Lipinski definition) is 2. The Bertz CT molecular complexity index is 772. The molecule has 1 heterocycles. The van der Waals surface area contributed by atoms with Gasteiger partial charge < -0.3 is 4.57 Å². The molecule has 0 N–H and O–H groups in total. The first-order valence-corrected chi connectivity index (χ1v) is 9.24. The van der Waals surface area contributed by atoms with Gasteiger partial charge in [-0.05, 0) is 31.9 Å². The number of carbonyl (C=O) groups excluding carboxylic acids is 1. The summed E-state index contributed by atoms with van der Waals surface area (Å²) in [4.78, 5) is 17.6. The van der Waals surface area contributed by atoms with Crippen molar-refractivity contribution in [3.8, 4) is 0 Å². The Morgan fingerprint density at radius 2 is 2.05 bits per heavy atom. The van der Waals surface area contributed by atoms with Gasteiger partial charge in [-0.25, -0.2) is 0 Å². The van der Waals surface area contributed by atoms with E-state index in [-0.39, 0.29) is 11.8 Å². The smallest absolute Gasteiger partial charge is 0.251 e. The zero-order valence-electron chi connectivity index (χ0n) is 12.4. The molecular formula is C16H18Cl2N2OS. The van der Waals surface area contributed by atoms with Gasteiger partial charge in [-0.1, -0.05) is 53.8 Å². The average Bonchev–Trinajstić information content (AvgIpc) is 2.85. The van der Waals surface area contributed by atoms with Crippen molar-refractivity contribution in [1.82, 2.24) is 4.57 Å². The van der Waals surface area contributed by atoms with E-state index in [1.807, 2.05) is 17.6 Å². The van der Waals surface area contributed by atoms with Crippen LogP contribution in [-0.2, 0) is 11.3 Å². The van der Waals surface area contributed by atoms with Crippen molar-refractivity contribution in [2.75, 3.05) is 0 Å². The molecule has 1 saturated carbocycles. The van der Waals surface area contributed by atoms with E-state index < -0.39 is 0 Å². The molecule has 0 atom stereocenters. The molecule has 0 radical (unpaired) electrons. The van der Waals surface area contributed by atoms with Gasteiger partial charge in [0.15, 0.2) is 4.80 Å². The third kappa shape index (κ3) is 3.10. The number of fused-ring (bicyclic) bond motifs is 1. The van der Waals surface area contributed by atoms with E-state index in [4.69, 9.17) is 23.2 Å². The molecule has 3 nitrogen and oxygen atoms in total. The van der Waals surface area contributed by atoms with Crippen molar-refractivity contribution in [3.63, 3.8) is 0 Å². The summed E-state index contributed by atoms with van der Waals surface area (Å²) in [7, 11) is 0. The quantitative estimate of drug-likeness (QED) is 0.742. The summed E-state index contributed by atoms with van der Waals surface area (Å²) < 4.78 is 2.97. The second-order valence-corrected chi connectivity index (χ2v) is 7.50. The predicted molar refractivity (Wildman–Crippen MR) is 92.7 cm³/mol. The topological polar surface area (TPSA) is 34.4 Å². The summed E-state index contributed by atoms with van der Waals surface area (Å²) in [6.07, 6.45) is 5.43. The van der Waals surface area contributed by atoms with Crippen LogP contribution in [0.3, 0.4) is 0 Å². The summed E-state index contributed by atoms with van der Waals surface area (Å²) in [6.45, 7) is 2.75. The molecule has 1 aliphatic rings. The fourth-order valence-corrected chi connectivity index (χ4v) is 4.92. The summed E-state index contributed by atoms with van der Waals surface area (Å²) in [5, 5.41) is 1.21. The molecule has 1 amide bonds. The Morgan fingerprint density at radius 3 is 2.73 bits per heavy atom. The van der Waals surface area contributed by atoms with Gasteiger partial charge in [-0.15, -0.1) is 0 Å². The summed E-state index contributed by atoms with van der Waals surface area (Å²) >= 11 is 13.9. The minimum Gasteiger partial charge on any atom is -0.315 e. The van der Waals surface area contributed by atoms with Gasteiger partial charge in [0.25, 0.3) is 5.91 Å². The molecule has 118 valence electrons. The Morgan fingerprint density at radius 1 is 1.32 bits per heavy atom. The molecule has 0 aliphatic heterocycles. The van der Waals surface area contributed by atoms with E-state index >= 15 is 0 Å². The number of thiazole rings is 1. The van der Waals surface area contributed by atoms with Crippen LogP contribution in [0, 0.1) is 5.92 Å². The van der Waals surface area contributed by atoms with E-state index in [1.54, 1.807) is 6.07 Å². The molecule has 1 aromatic carbocycles. The Hall–Kier alpha value is -0.840. The molecule has 0 unspecified atom stereocenters. The highest BCUT2D eigenvalue weighted by molar-refractivity contribution is 7.16. The van der Waals surface area contributed by atoms with E-state index in [2.05, 4.69) is 4.99 Å². The minimum atomic E-state index is 0.00988. The molecule has 1 aromatic heterocycles. The molecular weight excluding hydrogens is 339 g/mol.